The fourth-order valence-corrected chi connectivity index (χ4v) is 14.2. The summed E-state index contributed by atoms with van der Waals surface area (Å²) in [5.74, 6) is 5.82. The van der Waals surface area contributed by atoms with Gasteiger partial charge in [-0.1, -0.05) is 0 Å². The van der Waals surface area contributed by atoms with Gasteiger partial charge in [-0.2, -0.15) is 70.6 Å². The molecule has 0 heterocycles. The zero-order valence-corrected chi connectivity index (χ0v) is 80.7. The van der Waals surface area contributed by atoms with E-state index in [1.165, 1.54) is 0 Å². The molecule has 0 spiro atoms. The van der Waals surface area contributed by atoms with E-state index in [0.29, 0.717) is 73.0 Å². The average molecular weight is 1880 g/mol. The molecule has 0 amide bonds. The van der Waals surface area contributed by atoms with Crippen molar-refractivity contribution in [1.82, 2.24) is 9.80 Å². The van der Waals surface area contributed by atoms with Crippen molar-refractivity contribution in [1.29, 1.82) is 0 Å². The summed E-state index contributed by atoms with van der Waals surface area (Å²) < 4.78 is 326. The van der Waals surface area contributed by atoms with Gasteiger partial charge in [0.05, 0.1) is 60.7 Å². The summed E-state index contributed by atoms with van der Waals surface area (Å²) in [6.45, 7) is 4.50. The van der Waals surface area contributed by atoms with Gasteiger partial charge in [0.25, 0.3) is 0 Å². The molecule has 65 heteroatoms. The summed E-state index contributed by atoms with van der Waals surface area (Å²) >= 11 is 9.37. The van der Waals surface area contributed by atoms with Crippen molar-refractivity contribution in [3.05, 3.63) is 0 Å². The first-order valence-corrected chi connectivity index (χ1v) is 42.9. The standard InChI is InChI=1S/2C15H33NO9S6.4ClHO4.2Cu.7Na.4H2O/c2*17-29(18,19)13-1-7-26-10-4-16(5-11-27-8-2-14-30(20,21)22)6-12-28-9-3-15-31(23,24)25;4*2-1(3,4)5;;;;;;;;;;;;;/h2*1-15H2,(H,17,18,19)(H,20,21,22)(H,23,24,25);4*(H,2,3,4,5);;;;;;;;;;4*1H2/q;;;;;;+1;+2;7*+1;;;;/p-10. The Labute approximate surface area is 765 Å². The van der Waals surface area contributed by atoms with Crippen molar-refractivity contribution in [2.45, 2.75) is 38.5 Å². The molecule has 95 heavy (non-hydrogen) atoms. The zero-order chi connectivity index (χ0) is 65.6. The van der Waals surface area contributed by atoms with Crippen molar-refractivity contribution in [3.8, 4) is 0 Å². The largest absolute Gasteiger partial charge is 2.00 e. The maximum absolute atomic E-state index is 10.6. The van der Waals surface area contributed by atoms with E-state index in [2.05, 4.69) is 9.80 Å². The Morgan fingerprint density at radius 2 is 0.316 bits per heavy atom. The van der Waals surface area contributed by atoms with Crippen LogP contribution in [0.5, 0.6) is 0 Å². The van der Waals surface area contributed by atoms with Crippen molar-refractivity contribution in [2.75, 3.05) is 143 Å². The molecule has 0 saturated heterocycles. The van der Waals surface area contributed by atoms with Crippen LogP contribution in [0.15, 0.2) is 0 Å². The molecule has 0 aromatic heterocycles. The first-order chi connectivity index (χ1) is 36.6. The molecular weight excluding hydrogens is 1810 g/mol. The second-order valence-electron chi connectivity index (χ2n) is 14.6. The minimum absolute atomic E-state index is 0. The third-order valence-electron chi connectivity index (χ3n) is 7.41. The molecule has 0 unspecified atom stereocenters. The van der Waals surface area contributed by atoms with Gasteiger partial charge in [-0.05, 0) is 73.0 Å². The van der Waals surface area contributed by atoms with Crippen molar-refractivity contribution in [2.24, 2.45) is 0 Å². The number of halogens is 4. The molecule has 0 fully saturated rings. The third kappa shape index (κ3) is 221. The Bertz CT molecular complexity index is 1870. The Morgan fingerprint density at radius 1 is 0.232 bits per heavy atom. The van der Waals surface area contributed by atoms with E-state index in [0.717, 1.165) is 73.8 Å². The first kappa shape index (κ1) is 153. The van der Waals surface area contributed by atoms with Crippen LogP contribution in [-0.4, -0.2) is 252 Å². The molecule has 40 nitrogen and oxygen atoms in total. The minimum atomic E-state index is -4.94. The van der Waals surface area contributed by atoms with Gasteiger partial charge in [-0.25, -0.2) is 125 Å². The summed E-state index contributed by atoms with van der Waals surface area (Å²) in [6.07, 6.45) is 1.88. The van der Waals surface area contributed by atoms with Crippen LogP contribution in [0.4, 0.5) is 0 Å². The van der Waals surface area contributed by atoms with E-state index >= 15 is 0 Å². The van der Waals surface area contributed by atoms with Crippen LogP contribution in [-0.2, 0) is 94.8 Å². The van der Waals surface area contributed by atoms with Gasteiger partial charge in [-0.3, -0.25) is 0 Å². The molecule has 555 valence electrons. The molecule has 0 aromatic carbocycles. The SMILES string of the molecule is O.O.O.O.O=S(=O)([O-])CCCSCCN(CCSCCCS(=O)(=O)[O-])CCSCCCS(=O)(=O)[O-].O=S(=O)([O-])CCCSCCN(CCSCCCS(=O)(=O)[O-])CCSCCCS(=O)(=O)[O-].[Cu+2].[Cu+].[Na+].[Na+].[Na+].[Na+].[Na+].[Na+].[Na+].[O-][Cl+3]([O-])([O-])[O-].[O-][Cl+3]([O-])([O-])[O-].[O-][Cl+3]([O-])([O-])[O-].[O-][Cl+3]([O-])([O-])[O-]. The average Bonchev–Trinajstić information content (AvgIpc) is 3.20. The van der Waals surface area contributed by atoms with Crippen LogP contribution in [0.3, 0.4) is 0 Å². The van der Waals surface area contributed by atoms with Crippen molar-refractivity contribution in [3.63, 3.8) is 0 Å². The number of thioether (sulfide) groups is 6. The molecular formula is C30H68Cl4Cu2N2Na7O38S12. The predicted octanol–water partition coefficient (Wildman–Crippen LogP) is -42.7. The molecule has 0 saturated carbocycles. The van der Waals surface area contributed by atoms with Crippen LogP contribution >= 0.6 is 70.6 Å². The van der Waals surface area contributed by atoms with E-state index in [1.807, 2.05) is 0 Å². The first-order valence-electron chi connectivity index (χ1n) is 21.6. The summed E-state index contributed by atoms with van der Waals surface area (Å²) in [4.78, 5) is 4.40. The van der Waals surface area contributed by atoms with Crippen LogP contribution in [0.25, 0.3) is 0 Å². The van der Waals surface area contributed by atoms with E-state index in [1.54, 1.807) is 70.6 Å². The topological polar surface area (TPSA) is 845 Å². The van der Waals surface area contributed by atoms with Gasteiger partial charge >= 0.3 is 241 Å². The normalized spacial score (nSPS) is 11.1. The van der Waals surface area contributed by atoms with Gasteiger partial charge < -0.3 is 59.0 Å². The van der Waals surface area contributed by atoms with Gasteiger partial charge in [0.1, 0.15) is 0 Å². The monoisotopic (exact) mass is 1870 g/mol. The zero-order valence-electron chi connectivity index (χ0n) is 52.0. The maximum atomic E-state index is 10.6. The van der Waals surface area contributed by atoms with E-state index < -0.39 is 102 Å². The number of nitrogens with zero attached hydrogens (tertiary/aromatic N) is 2. The molecule has 0 aromatic rings. The van der Waals surface area contributed by atoms with Gasteiger partial charge in [0.15, 0.2) is 0 Å². The minimum Gasteiger partial charge on any atom is -0.748 e. The Morgan fingerprint density at radius 3 is 0.389 bits per heavy atom. The van der Waals surface area contributed by atoms with E-state index in [4.69, 9.17) is 74.5 Å². The van der Waals surface area contributed by atoms with Crippen LogP contribution in [0, 0.1) is 41.0 Å². The van der Waals surface area contributed by atoms with Gasteiger partial charge in [0, 0.05) is 108 Å². The summed E-state index contributed by atoms with van der Waals surface area (Å²) in [7, 11) is -44.9. The molecule has 0 aliphatic heterocycles. The number of hydrogen-bond acceptors (Lipinski definition) is 42. The quantitative estimate of drug-likeness (QED) is 0.0311. The van der Waals surface area contributed by atoms with Crippen LogP contribution < -0.4 is 281 Å². The molecule has 0 aliphatic rings. The molecule has 0 bridgehead atoms. The second-order valence-corrected chi connectivity index (χ2v) is 34.1. The summed E-state index contributed by atoms with van der Waals surface area (Å²) in [6, 6.07) is 0. The van der Waals surface area contributed by atoms with Crippen molar-refractivity contribution >= 4 is 131 Å². The van der Waals surface area contributed by atoms with Crippen LogP contribution in [0.1, 0.15) is 38.5 Å². The maximum Gasteiger partial charge on any atom is 2.00 e. The third-order valence-corrected chi connectivity index (χ3v) is 18.4. The fraction of sp³-hybridized carbons (Fsp3) is 1.00. The molecule has 8 N–H and O–H groups in total. The van der Waals surface area contributed by atoms with E-state index in [-0.39, 0.29) is 297 Å². The smallest absolute Gasteiger partial charge is 0.748 e. The Hall–Kier alpha value is 9.88. The van der Waals surface area contributed by atoms with E-state index in [9.17, 15) is 77.8 Å². The molecule has 0 aliphatic carbocycles. The van der Waals surface area contributed by atoms with Gasteiger partial charge in [0.2, 0.25) is 0 Å². The molecule has 0 atom stereocenters. The Balaban J connectivity index is -0.0000000499. The predicted molar refractivity (Wildman–Crippen MR) is 266 cm³/mol. The van der Waals surface area contributed by atoms with Crippen LogP contribution in [0.2, 0.25) is 0 Å². The number of hydrogen-bond donors (Lipinski definition) is 0. The summed E-state index contributed by atoms with van der Waals surface area (Å²) in [5.41, 5.74) is 0. The van der Waals surface area contributed by atoms with Gasteiger partial charge in [-0.15, -0.1) is 41.0 Å². The summed E-state index contributed by atoms with van der Waals surface area (Å²) in [5, 5.41) is 0. The number of rotatable bonds is 42. The fourth-order valence-electron chi connectivity index (χ4n) is 4.47. The second kappa shape index (κ2) is 87.8. The molecule has 1 radical (unpaired) electrons. The Kier molecular flexibility index (Phi) is 142. The van der Waals surface area contributed by atoms with Crippen molar-refractivity contribution < 1.29 is 456 Å². The molecule has 0 rings (SSSR count).